The SMILES string of the molecule is O=C(O)CSCCNC(=O)c1ccnn1C1CCCC1. The lowest BCUT2D eigenvalue weighted by molar-refractivity contribution is -0.133. The Balaban J connectivity index is 1.80. The molecular weight excluding hydrogens is 278 g/mol. The number of carbonyl (C=O) groups excluding carboxylic acids is 1. The number of hydrogen-bond acceptors (Lipinski definition) is 4. The van der Waals surface area contributed by atoms with Crippen molar-refractivity contribution >= 4 is 23.6 Å². The summed E-state index contributed by atoms with van der Waals surface area (Å²) >= 11 is 1.29. The van der Waals surface area contributed by atoms with Crippen molar-refractivity contribution in [2.45, 2.75) is 31.7 Å². The molecule has 1 saturated carbocycles. The summed E-state index contributed by atoms with van der Waals surface area (Å²) in [7, 11) is 0. The Kier molecular flexibility index (Phi) is 5.46. The van der Waals surface area contributed by atoms with Crippen molar-refractivity contribution in [2.24, 2.45) is 0 Å². The zero-order valence-corrected chi connectivity index (χ0v) is 12.1. The summed E-state index contributed by atoms with van der Waals surface area (Å²) in [5.74, 6) is -0.308. The smallest absolute Gasteiger partial charge is 0.313 e. The summed E-state index contributed by atoms with van der Waals surface area (Å²) in [6, 6.07) is 2.07. The summed E-state index contributed by atoms with van der Waals surface area (Å²) in [6.07, 6.45) is 6.20. The van der Waals surface area contributed by atoms with Crippen LogP contribution in [0, 0.1) is 0 Å². The van der Waals surface area contributed by atoms with Gasteiger partial charge in [0.1, 0.15) is 5.69 Å². The Labute approximate surface area is 121 Å². The van der Waals surface area contributed by atoms with E-state index in [-0.39, 0.29) is 11.7 Å². The van der Waals surface area contributed by atoms with Gasteiger partial charge < -0.3 is 10.4 Å². The second-order valence-electron chi connectivity index (χ2n) is 4.80. The monoisotopic (exact) mass is 297 g/mol. The molecule has 7 heteroatoms. The van der Waals surface area contributed by atoms with Crippen molar-refractivity contribution in [1.29, 1.82) is 0 Å². The maximum atomic E-state index is 12.1. The summed E-state index contributed by atoms with van der Waals surface area (Å²) < 4.78 is 1.83. The summed E-state index contributed by atoms with van der Waals surface area (Å²) in [5, 5.41) is 15.6. The molecule has 1 aliphatic rings. The predicted molar refractivity (Wildman–Crippen MR) is 77.0 cm³/mol. The van der Waals surface area contributed by atoms with Gasteiger partial charge in [0.15, 0.2) is 0 Å². The van der Waals surface area contributed by atoms with Gasteiger partial charge in [-0.1, -0.05) is 12.8 Å². The van der Waals surface area contributed by atoms with Crippen molar-refractivity contribution in [2.75, 3.05) is 18.1 Å². The zero-order valence-electron chi connectivity index (χ0n) is 11.2. The predicted octanol–water partition coefficient (Wildman–Crippen LogP) is 1.55. The first kappa shape index (κ1) is 14.9. The van der Waals surface area contributed by atoms with Gasteiger partial charge in [-0.15, -0.1) is 11.8 Å². The molecule has 1 fully saturated rings. The van der Waals surface area contributed by atoms with Gasteiger partial charge in [0.25, 0.3) is 5.91 Å². The fraction of sp³-hybridized carbons (Fsp3) is 0.615. The molecule has 0 radical (unpaired) electrons. The molecule has 2 rings (SSSR count). The number of carboxylic acid groups (broad SMARTS) is 1. The second kappa shape index (κ2) is 7.33. The molecule has 2 N–H and O–H groups in total. The van der Waals surface area contributed by atoms with Crippen LogP contribution in [0.25, 0.3) is 0 Å². The molecule has 0 aromatic carbocycles. The van der Waals surface area contributed by atoms with Crippen LogP contribution < -0.4 is 5.32 Å². The Bertz CT molecular complexity index is 469. The van der Waals surface area contributed by atoms with Crippen LogP contribution in [0.2, 0.25) is 0 Å². The molecule has 1 aromatic heterocycles. The molecule has 110 valence electrons. The topological polar surface area (TPSA) is 84.2 Å². The third-order valence-corrected chi connectivity index (χ3v) is 4.27. The summed E-state index contributed by atoms with van der Waals surface area (Å²) in [5.41, 5.74) is 0.597. The highest BCUT2D eigenvalue weighted by Gasteiger charge is 2.22. The van der Waals surface area contributed by atoms with Gasteiger partial charge in [-0.25, -0.2) is 0 Å². The van der Waals surface area contributed by atoms with Gasteiger partial charge >= 0.3 is 5.97 Å². The van der Waals surface area contributed by atoms with Crippen LogP contribution in [0.4, 0.5) is 0 Å². The molecule has 0 saturated heterocycles. The Morgan fingerprint density at radius 1 is 1.45 bits per heavy atom. The quantitative estimate of drug-likeness (QED) is 0.746. The molecular formula is C13H19N3O3S. The van der Waals surface area contributed by atoms with Crippen LogP contribution in [0.1, 0.15) is 42.2 Å². The standard InChI is InChI=1S/C13H19N3O3S/c17-12(18)9-20-8-7-14-13(19)11-5-6-15-16(11)10-3-1-2-4-10/h5-6,10H,1-4,7-9H2,(H,14,19)(H,17,18). The molecule has 0 spiro atoms. The number of aliphatic carboxylic acids is 1. The minimum absolute atomic E-state index is 0.0654. The second-order valence-corrected chi connectivity index (χ2v) is 5.91. The first-order valence-electron chi connectivity index (χ1n) is 6.79. The van der Waals surface area contributed by atoms with Crippen LogP contribution in [0.15, 0.2) is 12.3 Å². The van der Waals surface area contributed by atoms with Crippen molar-refractivity contribution in [3.05, 3.63) is 18.0 Å². The number of nitrogens with one attached hydrogen (secondary N) is 1. The number of carbonyl (C=O) groups is 2. The number of aromatic nitrogens is 2. The van der Waals surface area contributed by atoms with E-state index in [1.54, 1.807) is 12.3 Å². The minimum Gasteiger partial charge on any atom is -0.481 e. The molecule has 1 aromatic rings. The van der Waals surface area contributed by atoms with E-state index in [1.165, 1.54) is 24.6 Å². The first-order valence-corrected chi connectivity index (χ1v) is 7.95. The van der Waals surface area contributed by atoms with E-state index >= 15 is 0 Å². The number of rotatable bonds is 7. The highest BCUT2D eigenvalue weighted by Crippen LogP contribution is 2.29. The zero-order chi connectivity index (χ0) is 14.4. The summed E-state index contributed by atoms with van der Waals surface area (Å²) in [4.78, 5) is 22.4. The molecule has 6 nitrogen and oxygen atoms in total. The van der Waals surface area contributed by atoms with Gasteiger partial charge in [-0.2, -0.15) is 5.10 Å². The van der Waals surface area contributed by atoms with Crippen molar-refractivity contribution in [3.8, 4) is 0 Å². The minimum atomic E-state index is -0.833. The fourth-order valence-corrected chi connectivity index (χ4v) is 2.99. The molecule has 0 aliphatic heterocycles. The maximum Gasteiger partial charge on any atom is 0.313 e. The van der Waals surface area contributed by atoms with E-state index in [0.29, 0.717) is 24.0 Å². The van der Waals surface area contributed by atoms with Crippen molar-refractivity contribution < 1.29 is 14.7 Å². The normalized spacial score (nSPS) is 15.4. The van der Waals surface area contributed by atoms with E-state index in [2.05, 4.69) is 10.4 Å². The lowest BCUT2D eigenvalue weighted by atomic mass is 10.2. The third kappa shape index (κ3) is 4.00. The Morgan fingerprint density at radius 3 is 2.90 bits per heavy atom. The highest BCUT2D eigenvalue weighted by atomic mass is 32.2. The van der Waals surface area contributed by atoms with Crippen molar-refractivity contribution in [1.82, 2.24) is 15.1 Å². The van der Waals surface area contributed by atoms with E-state index in [9.17, 15) is 9.59 Å². The van der Waals surface area contributed by atoms with Crippen LogP contribution >= 0.6 is 11.8 Å². The van der Waals surface area contributed by atoms with E-state index in [0.717, 1.165) is 12.8 Å². The number of amides is 1. The van der Waals surface area contributed by atoms with Crippen LogP contribution in [-0.2, 0) is 4.79 Å². The Morgan fingerprint density at radius 2 is 2.20 bits per heavy atom. The highest BCUT2D eigenvalue weighted by molar-refractivity contribution is 7.99. The fourth-order valence-electron chi connectivity index (χ4n) is 2.42. The summed E-state index contributed by atoms with van der Waals surface area (Å²) in [6.45, 7) is 0.465. The van der Waals surface area contributed by atoms with Crippen LogP contribution in [-0.4, -0.2) is 44.8 Å². The van der Waals surface area contributed by atoms with E-state index in [1.807, 2.05) is 4.68 Å². The van der Waals surface area contributed by atoms with Crippen molar-refractivity contribution in [3.63, 3.8) is 0 Å². The van der Waals surface area contributed by atoms with Gasteiger partial charge in [0.05, 0.1) is 11.8 Å². The molecule has 1 amide bonds. The van der Waals surface area contributed by atoms with Crippen LogP contribution in [0.5, 0.6) is 0 Å². The molecule has 1 aliphatic carbocycles. The molecule has 1 heterocycles. The number of nitrogens with zero attached hydrogens (tertiary/aromatic N) is 2. The van der Waals surface area contributed by atoms with Crippen LogP contribution in [0.3, 0.4) is 0 Å². The average Bonchev–Trinajstić information content (AvgIpc) is 3.08. The number of hydrogen-bond donors (Lipinski definition) is 2. The van der Waals surface area contributed by atoms with Gasteiger partial charge in [-0.3, -0.25) is 14.3 Å². The lowest BCUT2D eigenvalue weighted by Crippen LogP contribution is -2.29. The largest absolute Gasteiger partial charge is 0.481 e. The van der Waals surface area contributed by atoms with Gasteiger partial charge in [0, 0.05) is 18.5 Å². The molecule has 0 atom stereocenters. The molecule has 0 unspecified atom stereocenters. The number of carboxylic acids is 1. The van der Waals surface area contributed by atoms with Gasteiger partial charge in [-0.05, 0) is 18.9 Å². The maximum absolute atomic E-state index is 12.1. The first-order chi connectivity index (χ1) is 9.68. The average molecular weight is 297 g/mol. The van der Waals surface area contributed by atoms with Gasteiger partial charge in [0.2, 0.25) is 0 Å². The molecule has 0 bridgehead atoms. The lowest BCUT2D eigenvalue weighted by Gasteiger charge is -2.13. The Hall–Kier alpha value is -1.50. The van der Waals surface area contributed by atoms with E-state index < -0.39 is 5.97 Å². The van der Waals surface area contributed by atoms with E-state index in [4.69, 9.17) is 5.11 Å². The third-order valence-electron chi connectivity index (χ3n) is 3.33. The molecule has 20 heavy (non-hydrogen) atoms. The number of thioether (sulfide) groups is 1.